The quantitative estimate of drug-likeness (QED) is 0.602. The zero-order valence-electron chi connectivity index (χ0n) is 15.9. The van der Waals surface area contributed by atoms with E-state index < -0.39 is 11.9 Å². The number of furan rings is 1. The maximum atomic E-state index is 12.3. The number of amides is 2. The molecular weight excluding hydrogens is 410 g/mol. The molecule has 0 aliphatic carbocycles. The number of carbonyl (C=O) groups excluding carboxylic acids is 3. The van der Waals surface area contributed by atoms with Crippen molar-refractivity contribution in [3.05, 3.63) is 47.7 Å². The van der Waals surface area contributed by atoms with Crippen molar-refractivity contribution >= 4 is 39.9 Å². The Hall–Kier alpha value is -3.66. The van der Waals surface area contributed by atoms with Crippen LogP contribution in [0.15, 0.2) is 46.4 Å². The van der Waals surface area contributed by atoms with Crippen molar-refractivity contribution in [1.82, 2.24) is 4.98 Å². The summed E-state index contributed by atoms with van der Waals surface area (Å²) in [5.41, 5.74) is 1.77. The lowest BCUT2D eigenvalue weighted by molar-refractivity contribution is -0.142. The minimum Gasteiger partial charge on any atom is -0.482 e. The lowest BCUT2D eigenvalue weighted by Gasteiger charge is -2.28. The largest absolute Gasteiger partial charge is 0.482 e. The highest BCUT2D eigenvalue weighted by atomic mass is 32.1. The molecule has 2 amide bonds. The Morgan fingerprint density at radius 2 is 2.20 bits per heavy atom. The second-order valence-electron chi connectivity index (χ2n) is 6.23. The van der Waals surface area contributed by atoms with Crippen LogP contribution in [0, 0.1) is 0 Å². The third kappa shape index (κ3) is 4.03. The van der Waals surface area contributed by atoms with Crippen LogP contribution in [0.1, 0.15) is 17.5 Å². The molecule has 0 saturated heterocycles. The van der Waals surface area contributed by atoms with E-state index in [4.69, 9.17) is 13.9 Å². The van der Waals surface area contributed by atoms with Crippen molar-refractivity contribution in [3.63, 3.8) is 0 Å². The Labute approximate surface area is 175 Å². The molecule has 30 heavy (non-hydrogen) atoms. The van der Waals surface area contributed by atoms with Crippen molar-refractivity contribution < 1.29 is 28.3 Å². The highest BCUT2D eigenvalue weighted by Gasteiger charge is 2.28. The predicted octanol–water partition coefficient (Wildman–Crippen LogP) is 2.94. The van der Waals surface area contributed by atoms with Crippen LogP contribution in [0.3, 0.4) is 0 Å². The van der Waals surface area contributed by atoms with E-state index >= 15 is 0 Å². The fourth-order valence-corrected chi connectivity index (χ4v) is 3.62. The van der Waals surface area contributed by atoms with Gasteiger partial charge in [-0.1, -0.05) is 0 Å². The van der Waals surface area contributed by atoms with Crippen LogP contribution in [-0.4, -0.2) is 42.5 Å². The lowest BCUT2D eigenvalue weighted by atomic mass is 10.1. The van der Waals surface area contributed by atoms with Gasteiger partial charge in [-0.2, -0.15) is 0 Å². The molecule has 9 nitrogen and oxygen atoms in total. The number of benzene rings is 1. The van der Waals surface area contributed by atoms with Gasteiger partial charge in [-0.05, 0) is 37.3 Å². The van der Waals surface area contributed by atoms with Crippen molar-refractivity contribution in [1.29, 1.82) is 0 Å². The zero-order chi connectivity index (χ0) is 21.1. The Morgan fingerprint density at radius 1 is 1.33 bits per heavy atom. The third-order valence-corrected chi connectivity index (χ3v) is 5.02. The Kier molecular flexibility index (Phi) is 5.48. The monoisotopic (exact) mass is 427 g/mol. The van der Waals surface area contributed by atoms with E-state index in [0.29, 0.717) is 27.8 Å². The summed E-state index contributed by atoms with van der Waals surface area (Å²) >= 11 is 1.26. The Balaban J connectivity index is 1.57. The number of fused-ring (bicyclic) bond motifs is 1. The van der Waals surface area contributed by atoms with Crippen molar-refractivity contribution in [2.24, 2.45) is 0 Å². The molecule has 1 aliphatic rings. The van der Waals surface area contributed by atoms with Crippen LogP contribution in [0.5, 0.6) is 5.75 Å². The Bertz CT molecular complexity index is 1090. The van der Waals surface area contributed by atoms with Gasteiger partial charge in [0.05, 0.1) is 24.3 Å². The van der Waals surface area contributed by atoms with Crippen LogP contribution < -0.4 is 15.0 Å². The minimum absolute atomic E-state index is 0.147. The number of rotatable bonds is 6. The number of nitrogens with zero attached hydrogens (tertiary/aromatic N) is 2. The van der Waals surface area contributed by atoms with Gasteiger partial charge in [-0.15, -0.1) is 11.3 Å². The summed E-state index contributed by atoms with van der Waals surface area (Å²) in [4.78, 5) is 42.1. The van der Waals surface area contributed by atoms with E-state index in [1.807, 2.05) is 0 Å². The van der Waals surface area contributed by atoms with Gasteiger partial charge in [0.25, 0.3) is 11.8 Å². The highest BCUT2D eigenvalue weighted by molar-refractivity contribution is 7.14. The van der Waals surface area contributed by atoms with Gasteiger partial charge in [0, 0.05) is 10.9 Å². The molecular formula is C20H17N3O6S. The van der Waals surface area contributed by atoms with Gasteiger partial charge in [0.1, 0.15) is 12.3 Å². The number of aromatic nitrogens is 1. The lowest BCUT2D eigenvalue weighted by Crippen LogP contribution is -2.42. The number of carbonyl (C=O) groups is 3. The molecule has 0 saturated carbocycles. The van der Waals surface area contributed by atoms with E-state index in [9.17, 15) is 14.4 Å². The predicted molar refractivity (Wildman–Crippen MR) is 109 cm³/mol. The first kappa shape index (κ1) is 19.6. The van der Waals surface area contributed by atoms with E-state index in [2.05, 4.69) is 10.3 Å². The molecule has 0 fully saturated rings. The molecule has 0 bridgehead atoms. The van der Waals surface area contributed by atoms with Crippen molar-refractivity contribution in [2.75, 3.05) is 30.0 Å². The Morgan fingerprint density at radius 3 is 2.97 bits per heavy atom. The number of nitrogens with one attached hydrogen (secondary N) is 1. The number of thiazole rings is 1. The fourth-order valence-electron chi connectivity index (χ4n) is 2.90. The molecule has 2 aromatic heterocycles. The summed E-state index contributed by atoms with van der Waals surface area (Å²) in [6, 6.07) is 8.42. The van der Waals surface area contributed by atoms with Gasteiger partial charge in [-0.25, -0.2) is 4.98 Å². The summed E-state index contributed by atoms with van der Waals surface area (Å²) in [7, 11) is 0. The van der Waals surface area contributed by atoms with E-state index in [1.165, 1.54) is 22.5 Å². The van der Waals surface area contributed by atoms with Gasteiger partial charge in [-0.3, -0.25) is 24.6 Å². The van der Waals surface area contributed by atoms with E-state index in [0.717, 1.165) is 0 Å². The first-order valence-electron chi connectivity index (χ1n) is 9.08. The minimum atomic E-state index is -0.499. The molecule has 0 atom stereocenters. The first-order valence-corrected chi connectivity index (χ1v) is 9.96. The summed E-state index contributed by atoms with van der Waals surface area (Å²) in [6.45, 7) is 1.59. The molecule has 1 N–H and O–H groups in total. The van der Waals surface area contributed by atoms with Gasteiger partial charge in [0.2, 0.25) is 0 Å². The summed E-state index contributed by atoms with van der Waals surface area (Å²) in [5.74, 6) is -0.556. The standard InChI is InChI=1S/C20H17N3O6S/c1-2-27-18(25)9-23-14-8-12(5-6-15(14)29-10-17(23)24)13-11-30-20(21-13)22-19(26)16-4-3-7-28-16/h3-8,11H,2,9-10H2,1H3,(H,21,22,26). The molecule has 3 aromatic rings. The zero-order valence-corrected chi connectivity index (χ0v) is 16.7. The summed E-state index contributed by atoms with van der Waals surface area (Å²) in [6.07, 6.45) is 1.42. The van der Waals surface area contributed by atoms with Crippen LogP contribution in [0.25, 0.3) is 11.3 Å². The van der Waals surface area contributed by atoms with Crippen molar-refractivity contribution in [3.8, 4) is 17.0 Å². The smallest absolute Gasteiger partial charge is 0.326 e. The van der Waals surface area contributed by atoms with Crippen molar-refractivity contribution in [2.45, 2.75) is 6.92 Å². The van der Waals surface area contributed by atoms with Crippen LogP contribution in [0.2, 0.25) is 0 Å². The number of ether oxygens (including phenoxy) is 2. The van der Waals surface area contributed by atoms with Gasteiger partial charge < -0.3 is 13.9 Å². The average molecular weight is 427 g/mol. The molecule has 3 heterocycles. The van der Waals surface area contributed by atoms with E-state index in [-0.39, 0.29) is 31.4 Å². The molecule has 1 aromatic carbocycles. The second-order valence-corrected chi connectivity index (χ2v) is 7.08. The number of anilines is 2. The maximum absolute atomic E-state index is 12.3. The molecule has 0 spiro atoms. The molecule has 154 valence electrons. The maximum Gasteiger partial charge on any atom is 0.326 e. The van der Waals surface area contributed by atoms with E-state index in [1.54, 1.807) is 42.6 Å². The van der Waals surface area contributed by atoms with Gasteiger partial charge in [0.15, 0.2) is 17.5 Å². The molecule has 4 rings (SSSR count). The average Bonchev–Trinajstić information content (AvgIpc) is 3.42. The molecule has 1 aliphatic heterocycles. The first-order chi connectivity index (χ1) is 14.5. The van der Waals surface area contributed by atoms with Crippen LogP contribution in [0.4, 0.5) is 10.8 Å². The molecule has 10 heteroatoms. The van der Waals surface area contributed by atoms with Crippen LogP contribution >= 0.6 is 11.3 Å². The fraction of sp³-hybridized carbons (Fsp3) is 0.200. The summed E-state index contributed by atoms with van der Waals surface area (Å²) < 4.78 is 15.5. The SMILES string of the molecule is CCOC(=O)CN1C(=O)COc2ccc(-c3csc(NC(=O)c4ccco4)n3)cc21. The number of hydrogen-bond acceptors (Lipinski definition) is 8. The summed E-state index contributed by atoms with van der Waals surface area (Å²) in [5, 5.41) is 4.86. The third-order valence-electron chi connectivity index (χ3n) is 4.26. The van der Waals surface area contributed by atoms with Gasteiger partial charge >= 0.3 is 5.97 Å². The van der Waals surface area contributed by atoms with Crippen LogP contribution in [-0.2, 0) is 14.3 Å². The normalized spacial score (nSPS) is 12.8. The molecule has 0 unspecified atom stereocenters. The number of hydrogen-bond donors (Lipinski definition) is 1. The highest BCUT2D eigenvalue weighted by Crippen LogP contribution is 2.36. The topological polar surface area (TPSA) is 111 Å². The molecule has 0 radical (unpaired) electrons. The number of esters is 1. The second kappa shape index (κ2) is 8.37.